The number of hydrogen-bond donors (Lipinski definition) is 1. The molecule has 1 saturated heterocycles. The third kappa shape index (κ3) is 2.75. The maximum Gasteiger partial charge on any atom is 0.339 e. The van der Waals surface area contributed by atoms with Crippen LogP contribution in [0.25, 0.3) is 0 Å². The van der Waals surface area contributed by atoms with Gasteiger partial charge in [-0.25, -0.2) is 4.79 Å². The maximum atomic E-state index is 11.0. The van der Waals surface area contributed by atoms with Crippen molar-refractivity contribution in [2.45, 2.75) is 46.2 Å². The molecule has 2 heterocycles. The fourth-order valence-corrected chi connectivity index (χ4v) is 2.72. The van der Waals surface area contributed by atoms with E-state index in [0.29, 0.717) is 18.3 Å². The summed E-state index contributed by atoms with van der Waals surface area (Å²) < 4.78 is 5.53. The molecule has 0 bridgehead atoms. The fraction of sp³-hybridized carbons (Fsp3) is 0.643. The van der Waals surface area contributed by atoms with E-state index in [1.807, 2.05) is 0 Å². The Kier molecular flexibility index (Phi) is 3.76. The lowest BCUT2D eigenvalue weighted by molar-refractivity contribution is 0.0695. The van der Waals surface area contributed by atoms with Gasteiger partial charge in [-0.3, -0.25) is 4.90 Å². The minimum absolute atomic E-state index is 0.281. The van der Waals surface area contributed by atoms with Crippen molar-refractivity contribution >= 4 is 5.97 Å². The average Bonchev–Trinajstić information content (AvgIpc) is 2.64. The Balaban J connectivity index is 2.05. The molecule has 1 N–H and O–H groups in total. The van der Waals surface area contributed by atoms with E-state index in [4.69, 9.17) is 9.52 Å². The van der Waals surface area contributed by atoms with Crippen molar-refractivity contribution in [2.24, 2.45) is 5.92 Å². The second-order valence-electron chi connectivity index (χ2n) is 5.44. The molecule has 2 unspecified atom stereocenters. The number of rotatable bonds is 3. The van der Waals surface area contributed by atoms with Crippen LogP contribution in [0, 0.1) is 12.8 Å². The molecule has 0 aromatic carbocycles. The smallest absolute Gasteiger partial charge is 0.339 e. The quantitative estimate of drug-likeness (QED) is 0.897. The van der Waals surface area contributed by atoms with Crippen molar-refractivity contribution in [1.82, 2.24) is 4.90 Å². The molecule has 2 rings (SSSR count). The van der Waals surface area contributed by atoms with Crippen molar-refractivity contribution in [1.29, 1.82) is 0 Å². The van der Waals surface area contributed by atoms with E-state index in [9.17, 15) is 4.79 Å². The van der Waals surface area contributed by atoms with Crippen LogP contribution in [0.5, 0.6) is 0 Å². The first-order valence-electron chi connectivity index (χ1n) is 6.54. The predicted octanol–water partition coefficient (Wildman–Crippen LogP) is 2.91. The number of piperidine rings is 1. The number of carboxylic acid groups (broad SMARTS) is 1. The van der Waals surface area contributed by atoms with Gasteiger partial charge in [-0.05, 0) is 45.2 Å². The Morgan fingerprint density at radius 2 is 2.28 bits per heavy atom. The number of furan rings is 1. The van der Waals surface area contributed by atoms with Gasteiger partial charge in [0.15, 0.2) is 0 Å². The van der Waals surface area contributed by atoms with Gasteiger partial charge in [-0.15, -0.1) is 0 Å². The van der Waals surface area contributed by atoms with Crippen molar-refractivity contribution in [2.75, 3.05) is 6.54 Å². The number of carbonyl (C=O) groups is 1. The second kappa shape index (κ2) is 5.14. The van der Waals surface area contributed by atoms with Crippen LogP contribution in [-0.2, 0) is 6.54 Å². The highest BCUT2D eigenvalue weighted by atomic mass is 16.4. The van der Waals surface area contributed by atoms with Gasteiger partial charge in [0.1, 0.15) is 17.1 Å². The van der Waals surface area contributed by atoms with Crippen LogP contribution in [0.2, 0.25) is 0 Å². The molecule has 0 radical (unpaired) electrons. The summed E-state index contributed by atoms with van der Waals surface area (Å²) in [5.41, 5.74) is 0.281. The van der Waals surface area contributed by atoms with E-state index in [-0.39, 0.29) is 5.56 Å². The first-order valence-corrected chi connectivity index (χ1v) is 6.54. The van der Waals surface area contributed by atoms with Crippen LogP contribution >= 0.6 is 0 Å². The topological polar surface area (TPSA) is 53.7 Å². The first kappa shape index (κ1) is 13.1. The van der Waals surface area contributed by atoms with Gasteiger partial charge < -0.3 is 9.52 Å². The van der Waals surface area contributed by atoms with E-state index in [1.165, 1.54) is 12.8 Å². The zero-order chi connectivity index (χ0) is 13.3. The lowest BCUT2D eigenvalue weighted by Crippen LogP contribution is -2.39. The number of aromatic carboxylic acids is 1. The summed E-state index contributed by atoms with van der Waals surface area (Å²) in [4.78, 5) is 13.3. The minimum Gasteiger partial charge on any atom is -0.478 e. The minimum atomic E-state index is -0.914. The first-order chi connectivity index (χ1) is 8.47. The molecule has 4 heteroatoms. The highest BCUT2D eigenvalue weighted by Gasteiger charge is 2.24. The summed E-state index contributed by atoms with van der Waals surface area (Å²) in [5, 5.41) is 9.00. The fourth-order valence-electron chi connectivity index (χ4n) is 2.72. The van der Waals surface area contributed by atoms with E-state index in [2.05, 4.69) is 18.7 Å². The van der Waals surface area contributed by atoms with Gasteiger partial charge in [0.2, 0.25) is 0 Å². The van der Waals surface area contributed by atoms with Gasteiger partial charge in [-0.2, -0.15) is 0 Å². The normalized spacial score (nSPS) is 25.3. The molecule has 2 atom stereocenters. The molecule has 0 amide bonds. The lowest BCUT2D eigenvalue weighted by atomic mass is 9.93. The number of likely N-dealkylation sites (tertiary alicyclic amines) is 1. The summed E-state index contributed by atoms with van der Waals surface area (Å²) >= 11 is 0. The second-order valence-corrected chi connectivity index (χ2v) is 5.44. The van der Waals surface area contributed by atoms with Crippen LogP contribution in [0.4, 0.5) is 0 Å². The highest BCUT2D eigenvalue weighted by molar-refractivity contribution is 5.88. The summed E-state index contributed by atoms with van der Waals surface area (Å²) in [6, 6.07) is 2.19. The van der Waals surface area contributed by atoms with Crippen molar-refractivity contribution in [3.8, 4) is 0 Å². The predicted molar refractivity (Wildman–Crippen MR) is 68.7 cm³/mol. The average molecular weight is 251 g/mol. The molecule has 4 nitrogen and oxygen atoms in total. The molecule has 0 saturated carbocycles. The number of carboxylic acids is 1. The Hall–Kier alpha value is -1.29. The molecule has 0 aliphatic carbocycles. The Morgan fingerprint density at radius 1 is 1.56 bits per heavy atom. The monoisotopic (exact) mass is 251 g/mol. The van der Waals surface area contributed by atoms with Crippen LogP contribution in [-0.4, -0.2) is 28.6 Å². The number of aryl methyl sites for hydroxylation is 1. The lowest BCUT2D eigenvalue weighted by Gasteiger charge is -2.35. The van der Waals surface area contributed by atoms with E-state index in [0.717, 1.165) is 18.2 Å². The molecule has 1 aromatic rings. The van der Waals surface area contributed by atoms with Crippen molar-refractivity contribution in [3.63, 3.8) is 0 Å². The molecule has 100 valence electrons. The van der Waals surface area contributed by atoms with Gasteiger partial charge >= 0.3 is 5.97 Å². The van der Waals surface area contributed by atoms with Crippen LogP contribution < -0.4 is 0 Å². The standard InChI is InChI=1S/C14H21NO3/c1-9-4-5-15(10(2)6-9)8-12-7-13(14(16)17)11(3)18-12/h7,9-10H,4-6,8H2,1-3H3,(H,16,17). The summed E-state index contributed by atoms with van der Waals surface area (Å²) in [5.74, 6) is 1.12. The summed E-state index contributed by atoms with van der Waals surface area (Å²) in [7, 11) is 0. The Morgan fingerprint density at radius 3 is 2.83 bits per heavy atom. The van der Waals surface area contributed by atoms with E-state index >= 15 is 0 Å². The Bertz CT molecular complexity index is 438. The molecular formula is C14H21NO3. The largest absolute Gasteiger partial charge is 0.478 e. The van der Waals surface area contributed by atoms with Gasteiger partial charge in [-0.1, -0.05) is 6.92 Å². The SMILES string of the molecule is Cc1oc(CN2CCC(C)CC2C)cc1C(=O)O. The molecule has 18 heavy (non-hydrogen) atoms. The molecular weight excluding hydrogens is 230 g/mol. The molecule has 1 aromatic heterocycles. The van der Waals surface area contributed by atoms with Gasteiger partial charge in [0.25, 0.3) is 0 Å². The molecule has 1 aliphatic heterocycles. The maximum absolute atomic E-state index is 11.0. The zero-order valence-electron chi connectivity index (χ0n) is 11.3. The van der Waals surface area contributed by atoms with Gasteiger partial charge in [0, 0.05) is 6.04 Å². The van der Waals surface area contributed by atoms with Gasteiger partial charge in [0.05, 0.1) is 6.54 Å². The van der Waals surface area contributed by atoms with Crippen molar-refractivity contribution < 1.29 is 14.3 Å². The third-order valence-electron chi connectivity index (χ3n) is 3.83. The van der Waals surface area contributed by atoms with Crippen LogP contribution in [0.1, 0.15) is 48.6 Å². The summed E-state index contributed by atoms with van der Waals surface area (Å²) in [6.07, 6.45) is 2.40. The number of nitrogens with zero attached hydrogens (tertiary/aromatic N) is 1. The van der Waals surface area contributed by atoms with E-state index in [1.54, 1.807) is 13.0 Å². The van der Waals surface area contributed by atoms with Crippen LogP contribution in [0.15, 0.2) is 10.5 Å². The molecule has 1 aliphatic rings. The molecule has 1 fully saturated rings. The third-order valence-corrected chi connectivity index (χ3v) is 3.83. The number of hydrogen-bond acceptors (Lipinski definition) is 3. The Labute approximate surface area is 108 Å². The summed E-state index contributed by atoms with van der Waals surface area (Å²) in [6.45, 7) is 7.98. The molecule has 0 spiro atoms. The zero-order valence-corrected chi connectivity index (χ0v) is 11.3. The van der Waals surface area contributed by atoms with Crippen molar-refractivity contribution in [3.05, 3.63) is 23.2 Å². The van der Waals surface area contributed by atoms with Crippen LogP contribution in [0.3, 0.4) is 0 Å². The van der Waals surface area contributed by atoms with E-state index < -0.39 is 5.97 Å². The highest BCUT2D eigenvalue weighted by Crippen LogP contribution is 2.25.